The highest BCUT2D eigenvalue weighted by atomic mass is 16.1. The van der Waals surface area contributed by atoms with Crippen LogP contribution in [0.15, 0.2) is 36.4 Å². The van der Waals surface area contributed by atoms with Crippen molar-refractivity contribution in [3.63, 3.8) is 0 Å². The molecule has 0 atom stereocenters. The Morgan fingerprint density at radius 3 is 2.35 bits per heavy atom. The predicted molar refractivity (Wildman–Crippen MR) is 98.7 cm³/mol. The second-order valence-corrected chi connectivity index (χ2v) is 7.07. The maximum Gasteiger partial charge on any atom is 0.250 e. The van der Waals surface area contributed by atoms with Gasteiger partial charge >= 0.3 is 0 Å². The number of benzene rings is 1. The van der Waals surface area contributed by atoms with Gasteiger partial charge in [0.2, 0.25) is 0 Å². The molecule has 0 aliphatic heterocycles. The lowest BCUT2D eigenvalue weighted by Crippen LogP contribution is -2.14. The Balaban J connectivity index is 1.82. The number of rotatable bonds is 7. The van der Waals surface area contributed by atoms with Crippen LogP contribution < -0.4 is 5.32 Å². The Kier molecular flexibility index (Phi) is 6.88. The van der Waals surface area contributed by atoms with E-state index in [2.05, 4.69) is 31.0 Å². The van der Waals surface area contributed by atoms with Crippen LogP contribution in [-0.4, -0.2) is 5.91 Å². The minimum atomic E-state index is -0.106. The van der Waals surface area contributed by atoms with E-state index in [-0.39, 0.29) is 5.91 Å². The molecule has 1 aliphatic rings. The number of carbonyl (C=O) groups is 1. The van der Waals surface area contributed by atoms with E-state index >= 15 is 0 Å². The van der Waals surface area contributed by atoms with E-state index in [1.165, 1.54) is 56.9 Å². The van der Waals surface area contributed by atoms with Gasteiger partial charge in [-0.2, -0.15) is 0 Å². The normalized spacial score (nSPS) is 21.0. The van der Waals surface area contributed by atoms with Crippen molar-refractivity contribution in [2.24, 2.45) is 5.92 Å². The smallest absolute Gasteiger partial charge is 0.250 e. The molecule has 0 saturated heterocycles. The van der Waals surface area contributed by atoms with Crippen LogP contribution in [0.1, 0.15) is 76.7 Å². The molecule has 0 radical (unpaired) electrons. The largest absolute Gasteiger partial charge is 0.322 e. The Morgan fingerprint density at radius 2 is 1.78 bits per heavy atom. The third kappa shape index (κ3) is 5.53. The third-order valence-electron chi connectivity index (χ3n) is 5.09. The Labute approximate surface area is 141 Å². The quantitative estimate of drug-likeness (QED) is 0.481. The predicted octanol–water partition coefficient (Wildman–Crippen LogP) is 6.06. The number of anilines is 1. The van der Waals surface area contributed by atoms with Gasteiger partial charge in [-0.15, -0.1) is 0 Å². The molecule has 2 nitrogen and oxygen atoms in total. The maximum absolute atomic E-state index is 11.6. The lowest BCUT2D eigenvalue weighted by molar-refractivity contribution is -0.112. The second kappa shape index (κ2) is 8.90. The summed E-state index contributed by atoms with van der Waals surface area (Å²) in [6, 6.07) is 8.39. The van der Waals surface area contributed by atoms with E-state index < -0.39 is 0 Å². The van der Waals surface area contributed by atoms with E-state index in [4.69, 9.17) is 0 Å². The highest BCUT2D eigenvalue weighted by molar-refractivity contribution is 6.02. The van der Waals surface area contributed by atoms with Crippen molar-refractivity contribution in [1.29, 1.82) is 0 Å². The first kappa shape index (κ1) is 17.8. The lowest BCUT2D eigenvalue weighted by Gasteiger charge is -2.29. The molecular weight excluding hydrogens is 282 g/mol. The van der Waals surface area contributed by atoms with Crippen molar-refractivity contribution in [2.75, 3.05) is 5.32 Å². The highest BCUT2D eigenvalue weighted by Crippen LogP contribution is 2.38. The molecule has 2 rings (SSSR count). The van der Waals surface area contributed by atoms with Crippen LogP contribution in [0.25, 0.3) is 0 Å². The van der Waals surface area contributed by atoms with Gasteiger partial charge < -0.3 is 5.32 Å². The zero-order chi connectivity index (χ0) is 16.7. The average Bonchev–Trinajstić information content (AvgIpc) is 2.56. The molecule has 0 aromatic heterocycles. The number of nitrogens with one attached hydrogen (secondary N) is 1. The van der Waals surface area contributed by atoms with Crippen molar-refractivity contribution in [1.82, 2.24) is 0 Å². The first-order valence-electron chi connectivity index (χ1n) is 9.17. The summed E-state index contributed by atoms with van der Waals surface area (Å²) in [5.74, 6) is 1.54. The first-order chi connectivity index (χ1) is 11.1. The lowest BCUT2D eigenvalue weighted by atomic mass is 9.77. The Hall–Kier alpha value is -1.57. The van der Waals surface area contributed by atoms with E-state index in [9.17, 15) is 4.79 Å². The van der Waals surface area contributed by atoms with E-state index in [1.807, 2.05) is 12.1 Å². The van der Waals surface area contributed by atoms with Gasteiger partial charge in [-0.3, -0.25) is 4.79 Å². The zero-order valence-electron chi connectivity index (χ0n) is 14.7. The molecule has 1 saturated carbocycles. The van der Waals surface area contributed by atoms with Crippen molar-refractivity contribution in [3.8, 4) is 0 Å². The summed E-state index contributed by atoms with van der Waals surface area (Å²) >= 11 is 0. The third-order valence-corrected chi connectivity index (χ3v) is 5.09. The monoisotopic (exact) mass is 313 g/mol. The minimum Gasteiger partial charge on any atom is -0.322 e. The van der Waals surface area contributed by atoms with Gasteiger partial charge in [0.25, 0.3) is 5.91 Å². The molecule has 1 fully saturated rings. The summed E-state index contributed by atoms with van der Waals surface area (Å²) in [4.78, 5) is 11.6. The standard InChI is InChI=1S/C21H31NO/c1-4-5-6-7-17-8-10-18(11-9-17)19-12-14-20(15-13-19)22-21(23)16(2)3/h12-15,17-18H,2,4-11H2,1,3H3,(H,22,23). The van der Waals surface area contributed by atoms with Crippen LogP contribution in [0.2, 0.25) is 0 Å². The number of hydrogen-bond donors (Lipinski definition) is 1. The fraction of sp³-hybridized carbons (Fsp3) is 0.571. The molecule has 0 spiro atoms. The first-order valence-corrected chi connectivity index (χ1v) is 9.17. The molecular formula is C21H31NO. The fourth-order valence-corrected chi connectivity index (χ4v) is 3.54. The van der Waals surface area contributed by atoms with Gasteiger partial charge in [-0.05, 0) is 62.1 Å². The Bertz CT molecular complexity index is 509. The van der Waals surface area contributed by atoms with E-state index in [0.29, 0.717) is 11.5 Å². The molecule has 1 aromatic carbocycles. The molecule has 0 bridgehead atoms. The molecule has 1 aromatic rings. The second-order valence-electron chi connectivity index (χ2n) is 7.07. The summed E-state index contributed by atoms with van der Waals surface area (Å²) in [5, 5.41) is 2.87. The summed E-state index contributed by atoms with van der Waals surface area (Å²) < 4.78 is 0. The minimum absolute atomic E-state index is 0.106. The van der Waals surface area contributed by atoms with Gasteiger partial charge in [-0.25, -0.2) is 0 Å². The van der Waals surface area contributed by atoms with Crippen LogP contribution in [0.5, 0.6) is 0 Å². The number of carbonyl (C=O) groups excluding carboxylic acids is 1. The van der Waals surface area contributed by atoms with Crippen molar-refractivity contribution >= 4 is 11.6 Å². The zero-order valence-corrected chi connectivity index (χ0v) is 14.7. The molecule has 2 heteroatoms. The fourth-order valence-electron chi connectivity index (χ4n) is 3.54. The Morgan fingerprint density at radius 1 is 1.13 bits per heavy atom. The SMILES string of the molecule is C=C(C)C(=O)Nc1ccc(C2CCC(CCCCC)CC2)cc1. The van der Waals surface area contributed by atoms with Crippen LogP contribution >= 0.6 is 0 Å². The number of amides is 1. The average molecular weight is 313 g/mol. The summed E-state index contributed by atoms with van der Waals surface area (Å²) in [6.07, 6.45) is 10.9. The van der Waals surface area contributed by atoms with Crippen LogP contribution in [0, 0.1) is 5.92 Å². The molecule has 1 aliphatic carbocycles. The van der Waals surface area contributed by atoms with Crippen LogP contribution in [-0.2, 0) is 4.79 Å². The summed E-state index contributed by atoms with van der Waals surface area (Å²) in [6.45, 7) is 7.67. The van der Waals surface area contributed by atoms with Crippen LogP contribution in [0.4, 0.5) is 5.69 Å². The van der Waals surface area contributed by atoms with E-state index in [1.54, 1.807) is 6.92 Å². The molecule has 126 valence electrons. The highest BCUT2D eigenvalue weighted by Gasteiger charge is 2.21. The van der Waals surface area contributed by atoms with Gasteiger partial charge in [0.05, 0.1) is 0 Å². The van der Waals surface area contributed by atoms with Gasteiger partial charge in [-0.1, -0.05) is 51.3 Å². The van der Waals surface area contributed by atoms with Crippen molar-refractivity contribution in [2.45, 2.75) is 71.1 Å². The topological polar surface area (TPSA) is 29.1 Å². The molecule has 23 heavy (non-hydrogen) atoms. The summed E-state index contributed by atoms with van der Waals surface area (Å²) in [5.41, 5.74) is 2.82. The van der Waals surface area contributed by atoms with Gasteiger partial charge in [0.15, 0.2) is 0 Å². The van der Waals surface area contributed by atoms with Gasteiger partial charge in [0, 0.05) is 11.3 Å². The summed E-state index contributed by atoms with van der Waals surface area (Å²) in [7, 11) is 0. The van der Waals surface area contributed by atoms with Crippen molar-refractivity contribution in [3.05, 3.63) is 42.0 Å². The number of hydrogen-bond acceptors (Lipinski definition) is 1. The van der Waals surface area contributed by atoms with Crippen LogP contribution in [0.3, 0.4) is 0 Å². The molecule has 1 N–H and O–H groups in total. The maximum atomic E-state index is 11.6. The molecule has 0 unspecified atom stereocenters. The number of unbranched alkanes of at least 4 members (excludes halogenated alkanes) is 2. The molecule has 1 amide bonds. The van der Waals surface area contributed by atoms with E-state index in [0.717, 1.165) is 11.6 Å². The van der Waals surface area contributed by atoms with Gasteiger partial charge in [0.1, 0.15) is 0 Å². The van der Waals surface area contributed by atoms with Crippen molar-refractivity contribution < 1.29 is 4.79 Å². The molecule has 0 heterocycles.